The minimum Gasteiger partial charge on any atom is -0.353 e. The molecule has 1 aromatic carbocycles. The summed E-state index contributed by atoms with van der Waals surface area (Å²) in [6.07, 6.45) is 3.64. The van der Waals surface area contributed by atoms with Gasteiger partial charge in [-0.3, -0.25) is 9.36 Å². The minimum atomic E-state index is -0.537. The maximum atomic E-state index is 13.3. The van der Waals surface area contributed by atoms with Crippen molar-refractivity contribution in [2.45, 2.75) is 12.3 Å². The van der Waals surface area contributed by atoms with E-state index in [0.29, 0.717) is 24.4 Å². The normalized spacial score (nSPS) is 20.3. The third-order valence-corrected chi connectivity index (χ3v) is 4.09. The zero-order valence-electron chi connectivity index (χ0n) is 13.1. The molecular weight excluding hydrogens is 325 g/mol. The number of fused-ring (bicyclic) bond motifs is 1. The van der Waals surface area contributed by atoms with E-state index in [1.165, 1.54) is 12.1 Å². The Hall–Kier alpha value is -3.11. The van der Waals surface area contributed by atoms with Gasteiger partial charge in [0.1, 0.15) is 11.9 Å². The van der Waals surface area contributed by atoms with Gasteiger partial charge in [-0.15, -0.1) is 0 Å². The number of morpholine rings is 1. The number of nitrogens with zero attached hydrogens (tertiary/aromatic N) is 3. The Labute approximate surface area is 142 Å². The van der Waals surface area contributed by atoms with Crippen LogP contribution in [0.15, 0.2) is 47.2 Å². The number of hydrogen-bond acceptors (Lipinski definition) is 4. The molecule has 2 atom stereocenters. The zero-order valence-corrected chi connectivity index (χ0v) is 13.1. The van der Waals surface area contributed by atoms with E-state index < -0.39 is 12.3 Å². The second kappa shape index (κ2) is 6.42. The van der Waals surface area contributed by atoms with Gasteiger partial charge in [0.25, 0.3) is 0 Å². The van der Waals surface area contributed by atoms with Crippen LogP contribution in [0.25, 0.3) is 11.1 Å². The molecule has 0 radical (unpaired) electrons. The quantitative estimate of drug-likeness (QED) is 0.530. The number of aromatic nitrogens is 2. The highest BCUT2D eigenvalue weighted by Crippen LogP contribution is 2.27. The highest BCUT2D eigenvalue weighted by molar-refractivity contribution is 5.73. The maximum absolute atomic E-state index is 13.3. The molecule has 2 aromatic heterocycles. The van der Waals surface area contributed by atoms with E-state index in [9.17, 15) is 9.18 Å². The van der Waals surface area contributed by atoms with Crippen molar-refractivity contribution >= 4 is 17.5 Å². The number of ether oxygens (including phenoxy) is 1. The Bertz CT molecular complexity index is 969. The molecule has 1 aliphatic rings. The second-order valence-electron chi connectivity index (χ2n) is 5.64. The van der Waals surface area contributed by atoms with Gasteiger partial charge in [-0.25, -0.2) is 4.39 Å². The molecule has 0 N–H and O–H groups in total. The summed E-state index contributed by atoms with van der Waals surface area (Å²) in [5, 5.41) is 4.61. The van der Waals surface area contributed by atoms with E-state index in [1.807, 2.05) is 12.3 Å². The first-order chi connectivity index (χ1) is 12.3. The molecule has 0 spiro atoms. The molecule has 0 aliphatic carbocycles. The van der Waals surface area contributed by atoms with E-state index in [1.54, 1.807) is 27.8 Å². The van der Waals surface area contributed by atoms with Gasteiger partial charge in [0, 0.05) is 18.3 Å². The highest BCUT2D eigenvalue weighted by Gasteiger charge is 2.33. The smallest absolute Gasteiger partial charge is 0.240 e. The van der Waals surface area contributed by atoms with Crippen LogP contribution < -0.4 is 0 Å². The number of halogens is 1. The molecule has 6 nitrogen and oxygen atoms in total. The molecule has 1 fully saturated rings. The minimum absolute atomic E-state index is 0.357. The largest absolute Gasteiger partial charge is 0.353 e. The van der Waals surface area contributed by atoms with Crippen LogP contribution in [0, 0.1) is 17.7 Å². The maximum Gasteiger partial charge on any atom is 0.240 e. The number of amides is 1. The molecule has 0 bridgehead atoms. The molecule has 7 heteroatoms. The first-order valence-corrected chi connectivity index (χ1v) is 7.77. The number of benzene rings is 1. The van der Waals surface area contributed by atoms with Crippen LogP contribution in [0.2, 0.25) is 0 Å². The van der Waals surface area contributed by atoms with Gasteiger partial charge in [-0.05, 0) is 24.3 Å². The van der Waals surface area contributed by atoms with Gasteiger partial charge < -0.3 is 14.2 Å². The highest BCUT2D eigenvalue weighted by atomic mass is 19.1. The summed E-state index contributed by atoms with van der Waals surface area (Å²) in [6, 6.07) is 7.33. The first kappa shape index (κ1) is 15.4. The monoisotopic (exact) mass is 339 g/mol. The fourth-order valence-electron chi connectivity index (χ4n) is 2.88. The van der Waals surface area contributed by atoms with Crippen molar-refractivity contribution in [1.82, 2.24) is 14.6 Å². The summed E-state index contributed by atoms with van der Waals surface area (Å²) in [5.41, 5.74) is 1.09. The van der Waals surface area contributed by atoms with Gasteiger partial charge in [-0.1, -0.05) is 23.1 Å². The fraction of sp³-hybridized carbons (Fsp3) is 0.222. The van der Waals surface area contributed by atoms with Gasteiger partial charge in [0.15, 0.2) is 6.23 Å². The summed E-state index contributed by atoms with van der Waals surface area (Å²) in [4.78, 5) is 13.0. The summed E-state index contributed by atoms with van der Waals surface area (Å²) in [7, 11) is 0. The summed E-state index contributed by atoms with van der Waals surface area (Å²) in [6.45, 7) is 0.818. The van der Waals surface area contributed by atoms with Crippen molar-refractivity contribution in [3.8, 4) is 11.8 Å². The van der Waals surface area contributed by atoms with Crippen molar-refractivity contribution in [3.63, 3.8) is 0 Å². The Balaban J connectivity index is 1.72. The van der Waals surface area contributed by atoms with Crippen LogP contribution >= 0.6 is 0 Å². The molecular formula is C18H14FN3O3. The Morgan fingerprint density at radius 2 is 2.28 bits per heavy atom. The third kappa shape index (κ3) is 2.88. The van der Waals surface area contributed by atoms with E-state index in [2.05, 4.69) is 17.0 Å². The first-order valence-electron chi connectivity index (χ1n) is 7.77. The van der Waals surface area contributed by atoms with Crippen molar-refractivity contribution in [2.75, 3.05) is 13.2 Å². The average molecular weight is 339 g/mol. The van der Waals surface area contributed by atoms with Crippen LogP contribution in [0.4, 0.5) is 4.39 Å². The molecule has 3 heterocycles. The van der Waals surface area contributed by atoms with E-state index in [0.717, 1.165) is 11.8 Å². The van der Waals surface area contributed by atoms with Crippen molar-refractivity contribution in [2.24, 2.45) is 0 Å². The number of rotatable bonds is 2. The molecule has 25 heavy (non-hydrogen) atoms. The number of carbonyl (C=O) groups excluding carboxylic acids is 1. The molecule has 0 saturated carbocycles. The molecule has 4 rings (SSSR count). The van der Waals surface area contributed by atoms with Crippen LogP contribution in [-0.4, -0.2) is 40.2 Å². The molecule has 1 amide bonds. The van der Waals surface area contributed by atoms with Crippen molar-refractivity contribution in [1.29, 1.82) is 0 Å². The van der Waals surface area contributed by atoms with Gasteiger partial charge in [-0.2, -0.15) is 0 Å². The van der Waals surface area contributed by atoms with E-state index in [-0.39, 0.29) is 5.82 Å². The average Bonchev–Trinajstić information content (AvgIpc) is 3.23. The molecule has 3 aromatic rings. The Morgan fingerprint density at radius 3 is 3.12 bits per heavy atom. The molecule has 1 aliphatic heterocycles. The standard InChI is InChI=1S/C18H14FN3O3/c19-15-3-1-2-13(10-15)4-5-16-18(24-9-8-21(16)12-23)22-7-6-14-11-20-25-17(14)22/h1-3,6-7,10-12,16,18H,8-9H2/t16-,18?/m1/s1. The van der Waals surface area contributed by atoms with Gasteiger partial charge >= 0.3 is 0 Å². The second-order valence-corrected chi connectivity index (χ2v) is 5.64. The fourth-order valence-corrected chi connectivity index (χ4v) is 2.88. The number of hydrogen-bond donors (Lipinski definition) is 0. The summed E-state index contributed by atoms with van der Waals surface area (Å²) < 4.78 is 26.2. The van der Waals surface area contributed by atoms with Crippen molar-refractivity contribution < 1.29 is 18.4 Å². The predicted octanol–water partition coefficient (Wildman–Crippen LogP) is 2.18. The zero-order chi connectivity index (χ0) is 17.2. The van der Waals surface area contributed by atoms with Crippen LogP contribution in [0.5, 0.6) is 0 Å². The lowest BCUT2D eigenvalue weighted by atomic mass is 10.1. The van der Waals surface area contributed by atoms with Crippen LogP contribution in [-0.2, 0) is 9.53 Å². The van der Waals surface area contributed by atoms with Gasteiger partial charge in [0.05, 0.1) is 18.2 Å². The summed E-state index contributed by atoms with van der Waals surface area (Å²) >= 11 is 0. The predicted molar refractivity (Wildman–Crippen MR) is 86.8 cm³/mol. The van der Waals surface area contributed by atoms with Crippen molar-refractivity contribution in [3.05, 3.63) is 54.1 Å². The summed E-state index contributed by atoms with van der Waals surface area (Å²) in [5.74, 6) is 5.60. The number of carbonyl (C=O) groups is 1. The van der Waals surface area contributed by atoms with Gasteiger partial charge in [0.2, 0.25) is 12.1 Å². The van der Waals surface area contributed by atoms with E-state index in [4.69, 9.17) is 9.26 Å². The van der Waals surface area contributed by atoms with Crippen LogP contribution in [0.3, 0.4) is 0 Å². The Kier molecular flexibility index (Phi) is 3.96. The molecule has 1 unspecified atom stereocenters. The lowest BCUT2D eigenvalue weighted by molar-refractivity contribution is -0.135. The topological polar surface area (TPSA) is 60.5 Å². The Morgan fingerprint density at radius 1 is 1.36 bits per heavy atom. The third-order valence-electron chi connectivity index (χ3n) is 4.09. The van der Waals surface area contributed by atoms with Crippen LogP contribution in [0.1, 0.15) is 11.8 Å². The lowest BCUT2D eigenvalue weighted by Crippen LogP contribution is -2.47. The SMILES string of the molecule is O=CN1CCOC(n2ccc3cnoc32)[C@H]1C#Cc1cccc(F)c1. The van der Waals surface area contributed by atoms with E-state index >= 15 is 0 Å². The molecule has 126 valence electrons. The molecule has 1 saturated heterocycles. The lowest BCUT2D eigenvalue weighted by Gasteiger charge is -2.36.